The molecule has 1 unspecified atom stereocenters. The summed E-state index contributed by atoms with van der Waals surface area (Å²) in [4.78, 5) is 16.7. The topological polar surface area (TPSA) is 82.9 Å². The number of amides is 1. The lowest BCUT2D eigenvalue weighted by atomic mass is 10.2. The third-order valence-electron chi connectivity index (χ3n) is 5.84. The van der Waals surface area contributed by atoms with Crippen molar-refractivity contribution in [3.8, 4) is 0 Å². The van der Waals surface area contributed by atoms with Gasteiger partial charge in [-0.15, -0.1) is 11.3 Å². The number of likely N-dealkylation sites (tertiary alicyclic amines) is 1. The van der Waals surface area contributed by atoms with E-state index >= 15 is 0 Å². The van der Waals surface area contributed by atoms with Gasteiger partial charge in [0, 0.05) is 11.4 Å². The smallest absolute Gasteiger partial charge is 0.243 e. The summed E-state index contributed by atoms with van der Waals surface area (Å²) in [6.07, 6.45) is 3.80. The molecule has 3 aromatic rings. The van der Waals surface area contributed by atoms with Crippen LogP contribution in [0.15, 0.2) is 69.5 Å². The van der Waals surface area contributed by atoms with E-state index in [4.69, 9.17) is 4.42 Å². The number of rotatable bonds is 10. The number of hydrogen-bond acceptors (Lipinski definition) is 6. The van der Waals surface area contributed by atoms with Gasteiger partial charge in [-0.05, 0) is 68.6 Å². The molecule has 2 aromatic heterocycles. The second-order valence-electron chi connectivity index (χ2n) is 8.24. The van der Waals surface area contributed by atoms with Crippen LogP contribution in [0.1, 0.15) is 35.1 Å². The molecule has 1 fully saturated rings. The van der Waals surface area contributed by atoms with Crippen molar-refractivity contribution >= 4 is 27.3 Å². The van der Waals surface area contributed by atoms with Gasteiger partial charge in [0.15, 0.2) is 0 Å². The molecule has 33 heavy (non-hydrogen) atoms. The number of furan rings is 1. The second-order valence-corrected chi connectivity index (χ2v) is 11.2. The van der Waals surface area contributed by atoms with Crippen molar-refractivity contribution in [1.82, 2.24) is 14.5 Å². The Morgan fingerprint density at radius 1 is 1.15 bits per heavy atom. The van der Waals surface area contributed by atoms with Crippen molar-refractivity contribution in [2.75, 3.05) is 26.2 Å². The largest absolute Gasteiger partial charge is 0.468 e. The lowest BCUT2D eigenvalue weighted by Crippen LogP contribution is -2.43. The molecule has 1 aromatic carbocycles. The van der Waals surface area contributed by atoms with Gasteiger partial charge in [0.25, 0.3) is 0 Å². The van der Waals surface area contributed by atoms with Crippen molar-refractivity contribution in [3.05, 3.63) is 76.4 Å². The first-order chi connectivity index (χ1) is 15.9. The lowest BCUT2D eigenvalue weighted by Gasteiger charge is -2.27. The van der Waals surface area contributed by atoms with Crippen LogP contribution < -0.4 is 5.32 Å². The number of thiophene rings is 1. The van der Waals surface area contributed by atoms with E-state index in [1.165, 1.54) is 15.4 Å². The fraction of sp³-hybridized carbons (Fsp3) is 0.375. The zero-order chi connectivity index (χ0) is 23.3. The van der Waals surface area contributed by atoms with E-state index in [9.17, 15) is 13.2 Å². The average Bonchev–Trinajstić information content (AvgIpc) is 3.58. The van der Waals surface area contributed by atoms with Gasteiger partial charge in [0.1, 0.15) is 5.76 Å². The Morgan fingerprint density at radius 3 is 2.55 bits per heavy atom. The van der Waals surface area contributed by atoms with E-state index in [1.54, 1.807) is 47.7 Å². The molecule has 0 spiro atoms. The van der Waals surface area contributed by atoms with Gasteiger partial charge in [0.2, 0.25) is 15.9 Å². The summed E-state index contributed by atoms with van der Waals surface area (Å²) in [5.41, 5.74) is 0.964. The number of carbonyl (C=O) groups is 1. The molecule has 4 rings (SSSR count). The van der Waals surface area contributed by atoms with Gasteiger partial charge in [-0.3, -0.25) is 9.69 Å². The van der Waals surface area contributed by atoms with E-state index in [0.29, 0.717) is 12.3 Å². The third-order valence-corrected chi connectivity index (χ3v) is 8.62. The number of benzene rings is 1. The predicted molar refractivity (Wildman–Crippen MR) is 128 cm³/mol. The third kappa shape index (κ3) is 5.92. The molecule has 0 aliphatic carbocycles. The summed E-state index contributed by atoms with van der Waals surface area (Å²) >= 11 is 1.68. The SMILES string of the molecule is Cc1ccc(S(=O)(=O)N(CC(=O)NCC(c2cccs2)N2CCCC2)Cc2ccco2)cc1. The number of nitrogens with zero attached hydrogens (tertiary/aromatic N) is 2. The minimum absolute atomic E-state index is 0.0168. The molecule has 1 N–H and O–H groups in total. The Kier molecular flexibility index (Phi) is 7.64. The van der Waals surface area contributed by atoms with Gasteiger partial charge in [-0.1, -0.05) is 23.8 Å². The zero-order valence-corrected chi connectivity index (χ0v) is 20.3. The highest BCUT2D eigenvalue weighted by molar-refractivity contribution is 7.89. The molecule has 7 nitrogen and oxygen atoms in total. The second kappa shape index (κ2) is 10.6. The minimum Gasteiger partial charge on any atom is -0.468 e. The quantitative estimate of drug-likeness (QED) is 0.470. The molecule has 0 radical (unpaired) electrons. The van der Waals surface area contributed by atoms with Crippen LogP contribution >= 0.6 is 11.3 Å². The molecule has 1 amide bonds. The summed E-state index contributed by atoms with van der Waals surface area (Å²) in [6.45, 7) is 4.05. The number of hydrogen-bond donors (Lipinski definition) is 1. The van der Waals surface area contributed by atoms with E-state index in [-0.39, 0.29) is 29.9 Å². The summed E-state index contributed by atoms with van der Waals surface area (Å²) in [5, 5.41) is 5.02. The first-order valence-corrected chi connectivity index (χ1v) is 13.4. The van der Waals surface area contributed by atoms with Gasteiger partial charge in [-0.2, -0.15) is 4.31 Å². The number of sulfonamides is 1. The van der Waals surface area contributed by atoms with Crippen LogP contribution in [0.5, 0.6) is 0 Å². The molecular formula is C24H29N3O4S2. The van der Waals surface area contributed by atoms with Gasteiger partial charge < -0.3 is 9.73 Å². The molecule has 1 atom stereocenters. The van der Waals surface area contributed by atoms with Crippen molar-refractivity contribution in [2.45, 2.75) is 37.2 Å². The molecule has 1 aliphatic rings. The first-order valence-electron chi connectivity index (χ1n) is 11.1. The number of carbonyl (C=O) groups excluding carboxylic acids is 1. The molecule has 176 valence electrons. The van der Waals surface area contributed by atoms with Crippen LogP contribution in [0.4, 0.5) is 0 Å². The Labute approximate surface area is 199 Å². The maximum absolute atomic E-state index is 13.3. The van der Waals surface area contributed by atoms with Crippen molar-refractivity contribution in [3.63, 3.8) is 0 Å². The fourth-order valence-corrected chi connectivity index (χ4v) is 6.26. The maximum Gasteiger partial charge on any atom is 0.243 e. The Balaban J connectivity index is 1.48. The molecule has 9 heteroatoms. The van der Waals surface area contributed by atoms with Crippen molar-refractivity contribution in [2.24, 2.45) is 0 Å². The summed E-state index contributed by atoms with van der Waals surface area (Å²) < 4.78 is 33.2. The predicted octanol–water partition coefficient (Wildman–Crippen LogP) is 3.79. The standard InChI is InChI=1S/C24H29N3O4S2/c1-19-8-10-21(11-9-19)33(29,30)27(17-20-6-4-14-31-20)18-24(28)25-16-22(23-7-5-15-32-23)26-12-2-3-13-26/h4-11,14-15,22H,2-3,12-13,16-18H2,1H3,(H,25,28). The van der Waals surface area contributed by atoms with E-state index in [0.717, 1.165) is 31.5 Å². The summed E-state index contributed by atoms with van der Waals surface area (Å²) in [6, 6.07) is 14.2. The van der Waals surface area contributed by atoms with Crippen LogP contribution in [0.2, 0.25) is 0 Å². The van der Waals surface area contributed by atoms with Crippen molar-refractivity contribution in [1.29, 1.82) is 0 Å². The van der Waals surface area contributed by atoms with Crippen LogP contribution in [0.3, 0.4) is 0 Å². The van der Waals surface area contributed by atoms with Gasteiger partial charge >= 0.3 is 0 Å². The zero-order valence-electron chi connectivity index (χ0n) is 18.6. The Bertz CT molecular complexity index is 1120. The van der Waals surface area contributed by atoms with E-state index in [1.807, 2.05) is 18.4 Å². The molecule has 1 saturated heterocycles. The van der Waals surface area contributed by atoms with Crippen LogP contribution in [0.25, 0.3) is 0 Å². The van der Waals surface area contributed by atoms with Gasteiger partial charge in [0.05, 0.1) is 30.3 Å². The molecule has 0 bridgehead atoms. The fourth-order valence-electron chi connectivity index (χ4n) is 4.03. The molecule has 1 aliphatic heterocycles. The molecular weight excluding hydrogens is 458 g/mol. The maximum atomic E-state index is 13.3. The first kappa shape index (κ1) is 23.7. The number of aryl methyl sites for hydroxylation is 1. The Morgan fingerprint density at radius 2 is 1.91 bits per heavy atom. The van der Waals surface area contributed by atoms with Crippen molar-refractivity contribution < 1.29 is 17.6 Å². The minimum atomic E-state index is -3.88. The van der Waals surface area contributed by atoms with E-state index in [2.05, 4.69) is 16.3 Å². The monoisotopic (exact) mass is 487 g/mol. The molecule has 0 saturated carbocycles. The normalized spacial score (nSPS) is 15.7. The highest BCUT2D eigenvalue weighted by Gasteiger charge is 2.29. The summed E-state index contributed by atoms with van der Waals surface area (Å²) in [5.74, 6) is 0.144. The van der Waals surface area contributed by atoms with E-state index < -0.39 is 10.0 Å². The summed E-state index contributed by atoms with van der Waals surface area (Å²) in [7, 11) is -3.88. The Hall–Kier alpha value is -2.46. The van der Waals surface area contributed by atoms with Gasteiger partial charge in [-0.25, -0.2) is 8.42 Å². The lowest BCUT2D eigenvalue weighted by molar-refractivity contribution is -0.121. The number of nitrogens with one attached hydrogen (secondary N) is 1. The van der Waals surface area contributed by atoms with Crippen LogP contribution in [-0.4, -0.2) is 49.7 Å². The average molecular weight is 488 g/mol. The highest BCUT2D eigenvalue weighted by atomic mass is 32.2. The van der Waals surface area contributed by atoms with Crippen LogP contribution in [-0.2, 0) is 21.4 Å². The molecule has 3 heterocycles. The van der Waals surface area contributed by atoms with Crippen LogP contribution in [0, 0.1) is 6.92 Å². The highest BCUT2D eigenvalue weighted by Crippen LogP contribution is 2.28.